The SMILES string of the molecule is CCOc1cc(C2C3=C(CC(C)(C)CC3=O)N(C)C3=C2C(=O)CC(C)(C)C3)cc(Cl)c1OCc1c(C)ccc2ccccc12. The van der Waals surface area contributed by atoms with Gasteiger partial charge in [-0.05, 0) is 71.6 Å². The number of nitrogens with zero attached hydrogens (tertiary/aromatic N) is 1. The molecule has 0 fully saturated rings. The van der Waals surface area contributed by atoms with E-state index in [0.29, 0.717) is 42.6 Å². The van der Waals surface area contributed by atoms with Crippen molar-refractivity contribution in [3.63, 3.8) is 0 Å². The summed E-state index contributed by atoms with van der Waals surface area (Å²) >= 11 is 7.04. The van der Waals surface area contributed by atoms with E-state index in [1.54, 1.807) is 0 Å². The van der Waals surface area contributed by atoms with Crippen LogP contribution in [0.5, 0.6) is 11.5 Å². The van der Waals surface area contributed by atoms with E-state index in [2.05, 4.69) is 63.8 Å². The number of ether oxygens (including phenoxy) is 2. The Labute approximate surface area is 265 Å². The number of allylic oxidation sites excluding steroid dienone is 4. The minimum atomic E-state index is -0.491. The Kier molecular flexibility index (Phi) is 7.68. The largest absolute Gasteiger partial charge is 0.490 e. The van der Waals surface area contributed by atoms with Crippen molar-refractivity contribution in [2.45, 2.75) is 79.8 Å². The summed E-state index contributed by atoms with van der Waals surface area (Å²) in [5.41, 5.74) is 6.17. The van der Waals surface area contributed by atoms with Gasteiger partial charge in [0.25, 0.3) is 0 Å². The van der Waals surface area contributed by atoms with Gasteiger partial charge < -0.3 is 14.4 Å². The predicted octanol–water partition coefficient (Wildman–Crippen LogP) is 9.09. The second-order valence-electron chi connectivity index (χ2n) is 14.2. The predicted molar refractivity (Wildman–Crippen MR) is 176 cm³/mol. The molecule has 2 aliphatic carbocycles. The van der Waals surface area contributed by atoms with Crippen molar-refractivity contribution in [1.82, 2.24) is 4.90 Å². The highest BCUT2D eigenvalue weighted by Crippen LogP contribution is 2.55. The van der Waals surface area contributed by atoms with Crippen molar-refractivity contribution in [3.8, 4) is 11.5 Å². The van der Waals surface area contributed by atoms with Crippen LogP contribution in [-0.2, 0) is 16.2 Å². The first-order valence-electron chi connectivity index (χ1n) is 15.6. The van der Waals surface area contributed by atoms with Gasteiger partial charge >= 0.3 is 0 Å². The maximum Gasteiger partial charge on any atom is 0.180 e. The molecule has 0 aromatic heterocycles. The fourth-order valence-electron chi connectivity index (χ4n) is 7.44. The maximum absolute atomic E-state index is 13.9. The molecule has 0 amide bonds. The van der Waals surface area contributed by atoms with Gasteiger partial charge in [0.05, 0.1) is 11.6 Å². The van der Waals surface area contributed by atoms with Gasteiger partial charge in [0, 0.05) is 53.9 Å². The summed E-state index contributed by atoms with van der Waals surface area (Å²) in [5.74, 6) is 0.683. The minimum absolute atomic E-state index is 0.0955. The van der Waals surface area contributed by atoms with Crippen LogP contribution < -0.4 is 9.47 Å². The zero-order valence-corrected chi connectivity index (χ0v) is 27.7. The van der Waals surface area contributed by atoms with Crippen LogP contribution in [0.1, 0.15) is 82.9 Å². The zero-order chi connectivity index (χ0) is 31.6. The number of aryl methyl sites for hydroxylation is 1. The van der Waals surface area contributed by atoms with E-state index in [1.807, 2.05) is 38.2 Å². The summed E-state index contributed by atoms with van der Waals surface area (Å²) < 4.78 is 12.6. The van der Waals surface area contributed by atoms with E-state index in [0.717, 1.165) is 62.8 Å². The number of carbonyl (C=O) groups is 2. The number of rotatable bonds is 6. The Morgan fingerprint density at radius 3 is 2.09 bits per heavy atom. The third kappa shape index (κ3) is 5.34. The molecule has 3 aromatic carbocycles. The minimum Gasteiger partial charge on any atom is -0.490 e. The lowest BCUT2D eigenvalue weighted by molar-refractivity contribution is -0.119. The lowest BCUT2D eigenvalue weighted by Gasteiger charge is -2.48. The van der Waals surface area contributed by atoms with Gasteiger partial charge in [-0.15, -0.1) is 0 Å². The fraction of sp³-hybridized carbons (Fsp3) is 0.421. The molecule has 0 atom stereocenters. The quantitative estimate of drug-likeness (QED) is 0.278. The van der Waals surface area contributed by atoms with Crippen LogP contribution >= 0.6 is 11.6 Å². The van der Waals surface area contributed by atoms with Crippen LogP contribution in [0.3, 0.4) is 0 Å². The molecule has 0 N–H and O–H groups in total. The molecule has 0 radical (unpaired) electrons. The summed E-state index contributed by atoms with van der Waals surface area (Å²) in [5, 5.41) is 2.69. The van der Waals surface area contributed by atoms with E-state index in [-0.39, 0.29) is 22.4 Å². The highest BCUT2D eigenvalue weighted by atomic mass is 35.5. The average Bonchev–Trinajstić information content (AvgIpc) is 2.93. The Balaban J connectivity index is 1.47. The number of benzene rings is 3. The Morgan fingerprint density at radius 1 is 0.864 bits per heavy atom. The van der Waals surface area contributed by atoms with Crippen molar-refractivity contribution >= 4 is 33.9 Å². The summed E-state index contributed by atoms with van der Waals surface area (Å²) in [7, 11) is 2.02. The number of carbonyl (C=O) groups excluding carboxylic acids is 2. The van der Waals surface area contributed by atoms with Crippen molar-refractivity contribution < 1.29 is 19.1 Å². The standard InChI is InChI=1S/C38H42ClNO4/c1-8-43-32-16-24(15-27(39)36(32)44-21-26-22(2)13-14-23-11-9-10-12-25(23)26)33-34-28(17-37(3,4)19-30(34)41)40(7)29-18-38(5,6)20-31(42)35(29)33/h9-16,33H,8,17-21H2,1-7H3. The van der Waals surface area contributed by atoms with Crippen LogP contribution in [0.25, 0.3) is 10.8 Å². The highest BCUT2D eigenvalue weighted by molar-refractivity contribution is 6.32. The molecule has 0 saturated carbocycles. The van der Waals surface area contributed by atoms with Crippen molar-refractivity contribution in [2.75, 3.05) is 13.7 Å². The fourth-order valence-corrected chi connectivity index (χ4v) is 7.71. The molecule has 0 bridgehead atoms. The molecule has 230 valence electrons. The molecule has 1 heterocycles. The van der Waals surface area contributed by atoms with Crippen molar-refractivity contribution in [2.24, 2.45) is 10.8 Å². The summed E-state index contributed by atoms with van der Waals surface area (Å²) in [6.07, 6.45) is 2.42. The summed E-state index contributed by atoms with van der Waals surface area (Å²) in [6.45, 7) is 13.3. The Hall–Kier alpha value is -3.57. The Morgan fingerprint density at radius 2 is 1.48 bits per heavy atom. The number of ketones is 2. The molecule has 44 heavy (non-hydrogen) atoms. The van der Waals surface area contributed by atoms with Gasteiger partial charge in [-0.1, -0.05) is 75.7 Å². The van der Waals surface area contributed by atoms with E-state index >= 15 is 0 Å². The van der Waals surface area contributed by atoms with Gasteiger partial charge in [0.2, 0.25) is 0 Å². The molecular formula is C38H42ClNO4. The van der Waals surface area contributed by atoms with E-state index in [1.165, 1.54) is 0 Å². The smallest absolute Gasteiger partial charge is 0.180 e. The molecular weight excluding hydrogens is 570 g/mol. The van der Waals surface area contributed by atoms with Crippen LogP contribution in [0, 0.1) is 17.8 Å². The summed E-state index contributed by atoms with van der Waals surface area (Å²) in [6, 6.07) is 16.3. The molecule has 5 nitrogen and oxygen atoms in total. The molecule has 6 heteroatoms. The van der Waals surface area contributed by atoms with Crippen LogP contribution in [0.15, 0.2) is 71.1 Å². The number of hydrogen-bond donors (Lipinski definition) is 0. The first-order valence-corrected chi connectivity index (χ1v) is 16.0. The zero-order valence-electron chi connectivity index (χ0n) is 26.9. The topological polar surface area (TPSA) is 55.8 Å². The lowest BCUT2D eigenvalue weighted by atomic mass is 9.63. The van der Waals surface area contributed by atoms with E-state index in [4.69, 9.17) is 21.1 Å². The van der Waals surface area contributed by atoms with E-state index in [9.17, 15) is 9.59 Å². The molecule has 3 aromatic rings. The van der Waals surface area contributed by atoms with Crippen LogP contribution in [0.4, 0.5) is 0 Å². The lowest BCUT2D eigenvalue weighted by Crippen LogP contribution is -2.43. The molecule has 0 spiro atoms. The summed E-state index contributed by atoms with van der Waals surface area (Å²) in [4.78, 5) is 30.0. The van der Waals surface area contributed by atoms with Gasteiger partial charge in [0.15, 0.2) is 23.1 Å². The van der Waals surface area contributed by atoms with Gasteiger partial charge in [-0.25, -0.2) is 0 Å². The number of hydrogen-bond acceptors (Lipinski definition) is 5. The molecule has 1 aliphatic heterocycles. The van der Waals surface area contributed by atoms with Crippen molar-refractivity contribution in [3.05, 3.63) is 92.8 Å². The average molecular weight is 612 g/mol. The second kappa shape index (κ2) is 11.1. The third-order valence-corrected chi connectivity index (χ3v) is 9.76. The van der Waals surface area contributed by atoms with Crippen LogP contribution in [0.2, 0.25) is 5.02 Å². The van der Waals surface area contributed by atoms with Crippen LogP contribution in [-0.4, -0.2) is 30.1 Å². The second-order valence-corrected chi connectivity index (χ2v) is 14.6. The van der Waals surface area contributed by atoms with E-state index < -0.39 is 5.92 Å². The molecule has 6 rings (SSSR count). The monoisotopic (exact) mass is 611 g/mol. The Bertz CT molecular complexity index is 1710. The first-order chi connectivity index (χ1) is 20.8. The third-order valence-electron chi connectivity index (χ3n) is 9.48. The first kappa shape index (κ1) is 30.5. The molecule has 3 aliphatic rings. The normalized spacial score (nSPS) is 19.8. The number of fused-ring (bicyclic) bond motifs is 1. The van der Waals surface area contributed by atoms with Crippen molar-refractivity contribution in [1.29, 1.82) is 0 Å². The van der Waals surface area contributed by atoms with Gasteiger partial charge in [-0.2, -0.15) is 0 Å². The highest BCUT2D eigenvalue weighted by Gasteiger charge is 2.48. The number of halogens is 1. The molecule has 0 unspecified atom stereocenters. The maximum atomic E-state index is 13.9. The molecule has 0 saturated heterocycles. The number of Topliss-reactive ketones (excluding diaryl/α,β-unsaturated/α-hetero) is 2. The van der Waals surface area contributed by atoms with Gasteiger partial charge in [0.1, 0.15) is 6.61 Å². The van der Waals surface area contributed by atoms with Gasteiger partial charge in [-0.3, -0.25) is 9.59 Å².